The summed E-state index contributed by atoms with van der Waals surface area (Å²) in [5.41, 5.74) is 0. The maximum Gasteiger partial charge on any atom is 0 e. The van der Waals surface area contributed by atoms with Gasteiger partial charge in [-0.15, -0.1) is 0 Å². The van der Waals surface area contributed by atoms with Crippen molar-refractivity contribution in [2.75, 3.05) is 0 Å². The van der Waals surface area contributed by atoms with Crippen LogP contribution in [0.1, 0.15) is 0 Å². The second-order valence-electron chi connectivity index (χ2n) is 0. The number of rotatable bonds is 0. The van der Waals surface area contributed by atoms with E-state index in [-0.39, 0.29) is 62.5 Å². The Kier molecular flexibility index (Phi) is 223. The van der Waals surface area contributed by atoms with Crippen LogP contribution in [0.25, 0.3) is 0 Å². The van der Waals surface area contributed by atoms with Crippen molar-refractivity contribution < 1.29 is 34.1 Å². The average molecular weight is 182 g/mol. The Morgan fingerprint density at radius 2 is 0.750 bits per heavy atom. The maximum absolute atomic E-state index is 0. The molecule has 0 heterocycles. The molecule has 9 radical (unpaired) electrons. The molecule has 0 spiro atoms. The molecule has 0 bridgehead atoms. The van der Waals surface area contributed by atoms with Gasteiger partial charge >= 0.3 is 0 Å². The van der Waals surface area contributed by atoms with Crippen molar-refractivity contribution >= 4 is 28.3 Å². The topological polar surface area (TPSA) is 0 Å². The first-order chi connectivity index (χ1) is 0. The van der Waals surface area contributed by atoms with E-state index in [1.165, 1.54) is 0 Å². The van der Waals surface area contributed by atoms with Crippen molar-refractivity contribution in [1.82, 2.24) is 0 Å². The second-order valence-corrected chi connectivity index (χ2v) is 0. The molecule has 29 valence electrons. The minimum absolute atomic E-state index is 0. The van der Waals surface area contributed by atoms with Crippen LogP contribution >= 0.6 is 0 Å². The van der Waals surface area contributed by atoms with Gasteiger partial charge < -0.3 is 0 Å². The predicted molar refractivity (Wildman–Crippen MR) is 11.5 cm³/mol. The van der Waals surface area contributed by atoms with Gasteiger partial charge in [0.1, 0.15) is 0 Å². The first kappa shape index (κ1) is 41.5. The Balaban J connectivity index is 0. The van der Waals surface area contributed by atoms with E-state index in [1.807, 2.05) is 0 Å². The van der Waals surface area contributed by atoms with Crippen LogP contribution in [-0.2, 0) is 34.1 Å². The second kappa shape index (κ2) is 21.5. The third-order valence-electron chi connectivity index (χ3n) is 0. The summed E-state index contributed by atoms with van der Waals surface area (Å²) < 4.78 is 0. The van der Waals surface area contributed by atoms with Gasteiger partial charge in [0.05, 0.1) is 0 Å². The fourth-order valence-corrected chi connectivity index (χ4v) is 0. The Bertz CT molecular complexity index is 6.00. The van der Waals surface area contributed by atoms with Crippen LogP contribution < -0.4 is 0 Å². The Morgan fingerprint density at radius 1 is 0.750 bits per heavy atom. The SMILES string of the molecule is [Al].[Cu].[Cu].[Si]. The van der Waals surface area contributed by atoms with Gasteiger partial charge in [0, 0.05) is 62.5 Å². The first-order valence-electron chi connectivity index (χ1n) is 0. The smallest absolute Gasteiger partial charge is 0 e. The van der Waals surface area contributed by atoms with Crippen LogP contribution in [0.3, 0.4) is 0 Å². The molecule has 4 heavy (non-hydrogen) atoms. The Labute approximate surface area is 62.2 Å². The summed E-state index contributed by atoms with van der Waals surface area (Å²) in [6.07, 6.45) is 0. The summed E-state index contributed by atoms with van der Waals surface area (Å²) in [4.78, 5) is 0. The maximum atomic E-state index is 0. The molecule has 0 rings (SSSR count). The van der Waals surface area contributed by atoms with Crippen molar-refractivity contribution in [3.63, 3.8) is 0 Å². The number of hydrogen-bond acceptors (Lipinski definition) is 0. The molecule has 0 unspecified atom stereocenters. The molecule has 0 aliphatic carbocycles. The molecule has 0 saturated heterocycles. The summed E-state index contributed by atoms with van der Waals surface area (Å²) >= 11 is 0. The molecule has 0 aromatic heterocycles. The molecule has 0 aromatic rings. The van der Waals surface area contributed by atoms with Gasteiger partial charge in [-0.2, -0.15) is 0 Å². The van der Waals surface area contributed by atoms with Crippen LogP contribution in [0, 0.1) is 0 Å². The van der Waals surface area contributed by atoms with Gasteiger partial charge in [-0.3, -0.25) is 0 Å². The quantitative estimate of drug-likeness (QED) is 0.432. The van der Waals surface area contributed by atoms with Gasteiger partial charge in [-0.25, -0.2) is 0 Å². The van der Waals surface area contributed by atoms with Crippen LogP contribution in [0.15, 0.2) is 0 Å². The molecule has 4 heteroatoms. The monoisotopic (exact) mass is 181 g/mol. The van der Waals surface area contributed by atoms with Crippen LogP contribution in [0.5, 0.6) is 0 Å². The molecule has 0 fully saturated rings. The molecule has 0 atom stereocenters. The van der Waals surface area contributed by atoms with Crippen molar-refractivity contribution in [2.45, 2.75) is 0 Å². The van der Waals surface area contributed by atoms with Crippen molar-refractivity contribution in [2.24, 2.45) is 0 Å². The summed E-state index contributed by atoms with van der Waals surface area (Å²) in [5, 5.41) is 0. The zero-order valence-corrected chi connectivity index (χ0v) is 5.72. The molecule has 0 aliphatic rings. The van der Waals surface area contributed by atoms with Crippen molar-refractivity contribution in [3.8, 4) is 0 Å². The molecule has 0 saturated carbocycles. The third kappa shape index (κ3) is 9.21. The van der Waals surface area contributed by atoms with E-state index in [2.05, 4.69) is 0 Å². The summed E-state index contributed by atoms with van der Waals surface area (Å²) in [6.45, 7) is 0. The number of hydrogen-bond donors (Lipinski definition) is 0. The minimum atomic E-state index is 0. The molecule has 0 nitrogen and oxygen atoms in total. The first-order valence-corrected chi connectivity index (χ1v) is 0. The zero-order valence-electron chi connectivity index (χ0n) is 1.68. The third-order valence-corrected chi connectivity index (χ3v) is 0. The van der Waals surface area contributed by atoms with E-state index in [0.29, 0.717) is 0 Å². The Morgan fingerprint density at radius 3 is 0.750 bits per heavy atom. The minimum Gasteiger partial charge on any atom is 0 e. The molecular formula is AlCu2Si. The van der Waals surface area contributed by atoms with Gasteiger partial charge in [0.25, 0.3) is 0 Å². The van der Waals surface area contributed by atoms with Crippen molar-refractivity contribution in [3.05, 3.63) is 0 Å². The largest absolute Gasteiger partial charge is 0 e. The molecule has 0 amide bonds. The molecule has 0 aliphatic heterocycles. The summed E-state index contributed by atoms with van der Waals surface area (Å²) in [7, 11) is 0. The predicted octanol–water partition coefficient (Wildman–Crippen LogP) is -0.767. The van der Waals surface area contributed by atoms with E-state index in [1.54, 1.807) is 0 Å². The van der Waals surface area contributed by atoms with Crippen LogP contribution in [0.2, 0.25) is 0 Å². The normalized spacial score (nSPS) is 0. The van der Waals surface area contributed by atoms with E-state index < -0.39 is 0 Å². The fourth-order valence-electron chi connectivity index (χ4n) is 0. The van der Waals surface area contributed by atoms with Crippen molar-refractivity contribution in [1.29, 1.82) is 0 Å². The van der Waals surface area contributed by atoms with E-state index in [4.69, 9.17) is 0 Å². The molecular weight excluding hydrogens is 182 g/mol. The van der Waals surface area contributed by atoms with E-state index >= 15 is 0 Å². The van der Waals surface area contributed by atoms with Gasteiger partial charge in [-0.05, 0) is 0 Å². The van der Waals surface area contributed by atoms with E-state index in [0.717, 1.165) is 0 Å². The van der Waals surface area contributed by atoms with Gasteiger partial charge in [-0.1, -0.05) is 0 Å². The van der Waals surface area contributed by atoms with Crippen LogP contribution in [-0.4, -0.2) is 28.3 Å². The summed E-state index contributed by atoms with van der Waals surface area (Å²) in [6, 6.07) is 0. The summed E-state index contributed by atoms with van der Waals surface area (Å²) in [5.74, 6) is 0. The average Bonchev–Trinajstić information content (AvgIpc) is 0. The standard InChI is InChI=1S/Al.2Cu.Si. The molecule has 0 aromatic carbocycles. The van der Waals surface area contributed by atoms with Gasteiger partial charge in [0.15, 0.2) is 0 Å². The molecule has 0 N–H and O–H groups in total. The van der Waals surface area contributed by atoms with E-state index in [9.17, 15) is 0 Å². The van der Waals surface area contributed by atoms with Crippen LogP contribution in [0.4, 0.5) is 0 Å². The van der Waals surface area contributed by atoms with Gasteiger partial charge in [0.2, 0.25) is 0 Å². The fraction of sp³-hybridized carbons (Fsp3) is 0. The zero-order chi connectivity index (χ0) is 0. The Hall–Kier alpha value is 1.79.